The highest BCUT2D eigenvalue weighted by Gasteiger charge is 2.30. The van der Waals surface area contributed by atoms with Gasteiger partial charge in [-0.15, -0.1) is 0 Å². The van der Waals surface area contributed by atoms with Gasteiger partial charge in [0.25, 0.3) is 0 Å². The fourth-order valence-electron chi connectivity index (χ4n) is 2.10. The van der Waals surface area contributed by atoms with Gasteiger partial charge in [-0.1, -0.05) is 42.5 Å². The number of hydrogen-bond acceptors (Lipinski definition) is 4. The summed E-state index contributed by atoms with van der Waals surface area (Å²) in [4.78, 5) is 24.6. The van der Waals surface area contributed by atoms with Crippen molar-refractivity contribution in [2.24, 2.45) is 0 Å². The predicted molar refractivity (Wildman–Crippen MR) is 78.5 cm³/mol. The molecule has 0 amide bonds. The maximum Gasteiger partial charge on any atom is 0.321 e. The summed E-state index contributed by atoms with van der Waals surface area (Å²) < 4.78 is 9.92. The standard InChI is InChI=1S/C17H16O4/c1-20-14-10-6-9-13(11-14)15(17(19)21-2)16(18)12-7-4-3-5-8-12/h3-11,15H,1-2H3. The zero-order valence-corrected chi connectivity index (χ0v) is 11.9. The monoisotopic (exact) mass is 284 g/mol. The zero-order chi connectivity index (χ0) is 15.2. The van der Waals surface area contributed by atoms with Crippen molar-refractivity contribution in [3.63, 3.8) is 0 Å². The maximum absolute atomic E-state index is 12.6. The zero-order valence-electron chi connectivity index (χ0n) is 11.9. The van der Waals surface area contributed by atoms with Crippen molar-refractivity contribution in [2.75, 3.05) is 14.2 Å². The molecule has 0 radical (unpaired) electrons. The molecule has 0 saturated heterocycles. The van der Waals surface area contributed by atoms with Crippen LogP contribution in [0.25, 0.3) is 0 Å². The molecule has 0 spiro atoms. The Hall–Kier alpha value is -2.62. The van der Waals surface area contributed by atoms with Gasteiger partial charge in [0.05, 0.1) is 14.2 Å². The van der Waals surface area contributed by atoms with Crippen molar-refractivity contribution in [1.82, 2.24) is 0 Å². The molecule has 0 N–H and O–H groups in total. The average molecular weight is 284 g/mol. The first-order valence-corrected chi connectivity index (χ1v) is 6.48. The lowest BCUT2D eigenvalue weighted by Crippen LogP contribution is -2.23. The van der Waals surface area contributed by atoms with Crippen LogP contribution in [0.5, 0.6) is 5.75 Å². The smallest absolute Gasteiger partial charge is 0.321 e. The molecule has 0 aliphatic heterocycles. The second kappa shape index (κ2) is 6.70. The van der Waals surface area contributed by atoms with E-state index in [2.05, 4.69) is 0 Å². The number of benzene rings is 2. The van der Waals surface area contributed by atoms with E-state index in [-0.39, 0.29) is 5.78 Å². The van der Waals surface area contributed by atoms with Crippen LogP contribution in [-0.4, -0.2) is 26.0 Å². The highest BCUT2D eigenvalue weighted by Crippen LogP contribution is 2.25. The SMILES string of the molecule is COC(=O)C(C(=O)c1ccccc1)c1cccc(OC)c1. The second-order valence-electron chi connectivity index (χ2n) is 4.46. The lowest BCUT2D eigenvalue weighted by molar-refractivity contribution is -0.141. The molecule has 2 aromatic carbocycles. The van der Waals surface area contributed by atoms with Gasteiger partial charge >= 0.3 is 5.97 Å². The minimum absolute atomic E-state index is 0.296. The van der Waals surface area contributed by atoms with Crippen LogP contribution in [0.2, 0.25) is 0 Å². The van der Waals surface area contributed by atoms with Crippen molar-refractivity contribution in [3.8, 4) is 5.75 Å². The molecule has 0 aliphatic carbocycles. The molecule has 0 aromatic heterocycles. The van der Waals surface area contributed by atoms with E-state index in [0.29, 0.717) is 16.9 Å². The van der Waals surface area contributed by atoms with E-state index in [0.717, 1.165) is 0 Å². The van der Waals surface area contributed by atoms with Crippen LogP contribution in [0.4, 0.5) is 0 Å². The topological polar surface area (TPSA) is 52.6 Å². The Morgan fingerprint density at radius 3 is 2.29 bits per heavy atom. The summed E-state index contributed by atoms with van der Waals surface area (Å²) in [6.45, 7) is 0. The summed E-state index contributed by atoms with van der Waals surface area (Å²) in [6, 6.07) is 15.6. The van der Waals surface area contributed by atoms with E-state index in [4.69, 9.17) is 9.47 Å². The summed E-state index contributed by atoms with van der Waals surface area (Å²) in [6.07, 6.45) is 0. The number of carbonyl (C=O) groups is 2. The van der Waals surface area contributed by atoms with Crippen LogP contribution >= 0.6 is 0 Å². The molecule has 2 rings (SSSR count). The van der Waals surface area contributed by atoms with Crippen molar-refractivity contribution in [3.05, 3.63) is 65.7 Å². The first kappa shape index (κ1) is 14.8. The summed E-state index contributed by atoms with van der Waals surface area (Å²) in [5.41, 5.74) is 1.02. The molecular formula is C17H16O4. The molecule has 0 aliphatic rings. The largest absolute Gasteiger partial charge is 0.497 e. The van der Waals surface area contributed by atoms with E-state index in [1.807, 2.05) is 6.07 Å². The van der Waals surface area contributed by atoms with Gasteiger partial charge in [-0.2, -0.15) is 0 Å². The van der Waals surface area contributed by atoms with Crippen LogP contribution < -0.4 is 4.74 Å². The molecule has 1 atom stereocenters. The van der Waals surface area contributed by atoms with E-state index in [1.54, 1.807) is 48.5 Å². The van der Waals surface area contributed by atoms with E-state index in [1.165, 1.54) is 14.2 Å². The minimum atomic E-state index is -0.993. The fourth-order valence-corrected chi connectivity index (χ4v) is 2.10. The molecule has 0 saturated carbocycles. The normalized spacial score (nSPS) is 11.5. The van der Waals surface area contributed by atoms with Gasteiger partial charge in [0.15, 0.2) is 5.78 Å². The first-order chi connectivity index (χ1) is 10.2. The van der Waals surface area contributed by atoms with Gasteiger partial charge in [0.2, 0.25) is 0 Å². The summed E-state index contributed by atoms with van der Waals surface area (Å²) in [5.74, 6) is -1.29. The number of rotatable bonds is 5. The summed E-state index contributed by atoms with van der Waals surface area (Å²) in [7, 11) is 2.80. The van der Waals surface area contributed by atoms with Crippen molar-refractivity contribution < 1.29 is 19.1 Å². The Balaban J connectivity index is 2.43. The number of Topliss-reactive ketones (excluding diaryl/α,β-unsaturated/α-hetero) is 1. The van der Waals surface area contributed by atoms with E-state index in [9.17, 15) is 9.59 Å². The highest BCUT2D eigenvalue weighted by molar-refractivity contribution is 6.12. The molecule has 21 heavy (non-hydrogen) atoms. The highest BCUT2D eigenvalue weighted by atomic mass is 16.5. The Kier molecular flexibility index (Phi) is 4.72. The maximum atomic E-state index is 12.6. The average Bonchev–Trinajstić information content (AvgIpc) is 2.55. The molecule has 0 heterocycles. The molecule has 1 unspecified atom stereocenters. The lowest BCUT2D eigenvalue weighted by Gasteiger charge is -2.15. The lowest BCUT2D eigenvalue weighted by atomic mass is 9.90. The van der Waals surface area contributed by atoms with Crippen LogP contribution in [0, 0.1) is 0 Å². The number of methoxy groups -OCH3 is 2. The molecule has 2 aromatic rings. The van der Waals surface area contributed by atoms with Gasteiger partial charge in [-0.3, -0.25) is 9.59 Å². The number of esters is 1. The quantitative estimate of drug-likeness (QED) is 0.481. The molecule has 4 heteroatoms. The Bertz CT molecular complexity index is 634. The number of ketones is 1. The molecule has 0 bridgehead atoms. The van der Waals surface area contributed by atoms with Gasteiger partial charge in [0, 0.05) is 5.56 Å². The first-order valence-electron chi connectivity index (χ1n) is 6.48. The third-order valence-electron chi connectivity index (χ3n) is 3.18. The van der Waals surface area contributed by atoms with Gasteiger partial charge in [-0.05, 0) is 17.7 Å². The van der Waals surface area contributed by atoms with Crippen LogP contribution in [0.3, 0.4) is 0 Å². The van der Waals surface area contributed by atoms with Crippen LogP contribution in [0.1, 0.15) is 21.8 Å². The van der Waals surface area contributed by atoms with Crippen molar-refractivity contribution in [1.29, 1.82) is 0 Å². The minimum Gasteiger partial charge on any atom is -0.497 e. The van der Waals surface area contributed by atoms with E-state index >= 15 is 0 Å². The Labute approximate surface area is 123 Å². The van der Waals surface area contributed by atoms with Crippen LogP contribution in [0.15, 0.2) is 54.6 Å². The number of ether oxygens (including phenoxy) is 2. The van der Waals surface area contributed by atoms with Gasteiger partial charge in [0.1, 0.15) is 11.7 Å². The molecular weight excluding hydrogens is 268 g/mol. The van der Waals surface area contributed by atoms with Crippen molar-refractivity contribution >= 4 is 11.8 Å². The molecule has 4 nitrogen and oxygen atoms in total. The number of carbonyl (C=O) groups excluding carboxylic acids is 2. The van der Waals surface area contributed by atoms with E-state index < -0.39 is 11.9 Å². The molecule has 108 valence electrons. The summed E-state index contributed by atoms with van der Waals surface area (Å²) >= 11 is 0. The summed E-state index contributed by atoms with van der Waals surface area (Å²) in [5, 5.41) is 0. The van der Waals surface area contributed by atoms with Crippen molar-refractivity contribution in [2.45, 2.75) is 5.92 Å². The fraction of sp³-hybridized carbons (Fsp3) is 0.176. The van der Waals surface area contributed by atoms with Crippen LogP contribution in [-0.2, 0) is 9.53 Å². The third kappa shape index (κ3) is 3.28. The second-order valence-corrected chi connectivity index (χ2v) is 4.46. The number of hydrogen-bond donors (Lipinski definition) is 0. The Morgan fingerprint density at radius 1 is 0.952 bits per heavy atom. The molecule has 0 fully saturated rings. The third-order valence-corrected chi connectivity index (χ3v) is 3.18. The Morgan fingerprint density at radius 2 is 1.67 bits per heavy atom. The van der Waals surface area contributed by atoms with Gasteiger partial charge < -0.3 is 9.47 Å². The predicted octanol–water partition coefficient (Wildman–Crippen LogP) is 2.83. The van der Waals surface area contributed by atoms with Gasteiger partial charge in [-0.25, -0.2) is 0 Å².